The van der Waals surface area contributed by atoms with Crippen LogP contribution in [0.25, 0.3) is 0 Å². The van der Waals surface area contributed by atoms with Crippen LogP contribution in [-0.4, -0.2) is 33.1 Å². The van der Waals surface area contributed by atoms with E-state index in [-0.39, 0.29) is 0 Å². The normalized spacial score (nSPS) is 19.8. The molecule has 1 aromatic rings. The van der Waals surface area contributed by atoms with Gasteiger partial charge in [0, 0.05) is 31.7 Å². The Bertz CT molecular complexity index is 366. The van der Waals surface area contributed by atoms with E-state index in [0.717, 1.165) is 11.4 Å². The maximum absolute atomic E-state index is 10.3. The molecule has 0 radical (unpaired) electrons. The van der Waals surface area contributed by atoms with Gasteiger partial charge in [0.25, 0.3) is 0 Å². The van der Waals surface area contributed by atoms with Crippen LogP contribution in [0, 0.1) is 6.92 Å². The molecule has 1 saturated carbocycles. The summed E-state index contributed by atoms with van der Waals surface area (Å²) < 4.78 is 1.85. The number of nitrogens with zero attached hydrogens (tertiary/aromatic N) is 2. The van der Waals surface area contributed by atoms with Gasteiger partial charge in [-0.15, -0.1) is 0 Å². The molecule has 1 unspecified atom stereocenters. The first-order valence-electron chi connectivity index (χ1n) is 5.91. The number of nitrogens with one attached hydrogen (secondary N) is 1. The van der Waals surface area contributed by atoms with E-state index in [9.17, 15) is 5.11 Å². The van der Waals surface area contributed by atoms with Crippen LogP contribution in [0.3, 0.4) is 0 Å². The summed E-state index contributed by atoms with van der Waals surface area (Å²) in [5.74, 6) is 0. The molecule has 1 aromatic heterocycles. The molecule has 90 valence electrons. The van der Waals surface area contributed by atoms with Crippen LogP contribution >= 0.6 is 0 Å². The second-order valence-corrected chi connectivity index (χ2v) is 5.23. The summed E-state index contributed by atoms with van der Waals surface area (Å²) in [7, 11) is 1.92. The fourth-order valence-corrected chi connectivity index (χ4v) is 1.93. The molecule has 0 saturated heterocycles. The minimum absolute atomic E-state index is 0.639. The van der Waals surface area contributed by atoms with Crippen molar-refractivity contribution in [3.8, 4) is 0 Å². The highest BCUT2D eigenvalue weighted by atomic mass is 16.3. The Morgan fingerprint density at radius 3 is 2.81 bits per heavy atom. The summed E-state index contributed by atoms with van der Waals surface area (Å²) in [6, 6.07) is 2.67. The highest BCUT2D eigenvalue weighted by Gasteiger charge is 2.27. The second kappa shape index (κ2) is 4.18. The fraction of sp³-hybridized carbons (Fsp3) is 0.750. The molecule has 0 aromatic carbocycles. The Balaban J connectivity index is 1.92. The van der Waals surface area contributed by atoms with E-state index in [1.807, 2.05) is 31.6 Å². The number of aryl methyl sites for hydroxylation is 2. The van der Waals surface area contributed by atoms with Gasteiger partial charge in [-0.1, -0.05) is 0 Å². The average molecular weight is 223 g/mol. The maximum atomic E-state index is 10.3. The van der Waals surface area contributed by atoms with Crippen molar-refractivity contribution in [2.45, 2.75) is 44.8 Å². The Hall–Kier alpha value is -0.870. The SMILES string of the molecule is Cc1cc(CC(C)(O)CNC2CC2)n(C)n1. The van der Waals surface area contributed by atoms with Gasteiger partial charge in [0.15, 0.2) is 0 Å². The third-order valence-electron chi connectivity index (χ3n) is 3.01. The Kier molecular flexibility index (Phi) is 3.04. The molecule has 16 heavy (non-hydrogen) atoms. The van der Waals surface area contributed by atoms with Crippen molar-refractivity contribution in [3.05, 3.63) is 17.5 Å². The minimum Gasteiger partial charge on any atom is -0.388 e. The lowest BCUT2D eigenvalue weighted by atomic mass is 10.00. The van der Waals surface area contributed by atoms with E-state index in [1.54, 1.807) is 0 Å². The van der Waals surface area contributed by atoms with E-state index in [0.29, 0.717) is 19.0 Å². The first-order valence-corrected chi connectivity index (χ1v) is 5.91. The van der Waals surface area contributed by atoms with Gasteiger partial charge in [-0.2, -0.15) is 5.10 Å². The molecular formula is C12H21N3O. The molecule has 1 atom stereocenters. The fourth-order valence-electron chi connectivity index (χ4n) is 1.93. The Labute approximate surface area is 96.7 Å². The standard InChI is InChI=1S/C12H21N3O/c1-9-6-11(15(3)14-9)7-12(2,16)8-13-10-4-5-10/h6,10,13,16H,4-5,7-8H2,1-3H3. The molecule has 0 amide bonds. The summed E-state index contributed by atoms with van der Waals surface area (Å²) in [5, 5.41) is 17.9. The smallest absolute Gasteiger partial charge is 0.0798 e. The summed E-state index contributed by atoms with van der Waals surface area (Å²) >= 11 is 0. The molecule has 1 aliphatic carbocycles. The van der Waals surface area contributed by atoms with Crippen molar-refractivity contribution in [1.29, 1.82) is 0 Å². The summed E-state index contributed by atoms with van der Waals surface area (Å²) in [5.41, 5.74) is 1.39. The molecule has 0 spiro atoms. The van der Waals surface area contributed by atoms with Gasteiger partial charge in [0.1, 0.15) is 0 Å². The molecule has 0 aliphatic heterocycles. The van der Waals surface area contributed by atoms with Crippen LogP contribution in [0.1, 0.15) is 31.2 Å². The molecule has 4 heteroatoms. The van der Waals surface area contributed by atoms with Crippen LogP contribution < -0.4 is 5.32 Å². The van der Waals surface area contributed by atoms with E-state index >= 15 is 0 Å². The zero-order valence-corrected chi connectivity index (χ0v) is 10.3. The summed E-state index contributed by atoms with van der Waals surface area (Å²) in [6.45, 7) is 4.51. The van der Waals surface area contributed by atoms with Gasteiger partial charge in [0.05, 0.1) is 11.3 Å². The average Bonchev–Trinajstić information content (AvgIpc) is 2.92. The van der Waals surface area contributed by atoms with Gasteiger partial charge in [-0.25, -0.2) is 0 Å². The van der Waals surface area contributed by atoms with Crippen molar-refractivity contribution < 1.29 is 5.11 Å². The lowest BCUT2D eigenvalue weighted by molar-refractivity contribution is 0.0578. The number of rotatable bonds is 5. The lowest BCUT2D eigenvalue weighted by Gasteiger charge is -2.23. The topological polar surface area (TPSA) is 50.1 Å². The molecule has 1 fully saturated rings. The van der Waals surface area contributed by atoms with Crippen LogP contribution in [0.15, 0.2) is 6.07 Å². The van der Waals surface area contributed by atoms with Crippen LogP contribution in [0.2, 0.25) is 0 Å². The van der Waals surface area contributed by atoms with E-state index in [2.05, 4.69) is 10.4 Å². The molecule has 4 nitrogen and oxygen atoms in total. The number of hydrogen-bond acceptors (Lipinski definition) is 3. The Morgan fingerprint density at radius 1 is 1.62 bits per heavy atom. The summed E-state index contributed by atoms with van der Waals surface area (Å²) in [6.07, 6.45) is 3.14. The maximum Gasteiger partial charge on any atom is 0.0798 e. The molecular weight excluding hydrogens is 202 g/mol. The van der Waals surface area contributed by atoms with Gasteiger partial charge in [0.2, 0.25) is 0 Å². The van der Waals surface area contributed by atoms with Gasteiger partial charge >= 0.3 is 0 Å². The van der Waals surface area contributed by atoms with Crippen LogP contribution in [0.5, 0.6) is 0 Å². The first kappa shape index (κ1) is 11.6. The predicted octanol–water partition coefficient (Wildman–Crippen LogP) is 0.774. The van der Waals surface area contributed by atoms with Gasteiger partial charge < -0.3 is 10.4 Å². The quantitative estimate of drug-likeness (QED) is 0.775. The highest BCUT2D eigenvalue weighted by molar-refractivity contribution is 5.11. The Morgan fingerprint density at radius 2 is 2.31 bits per heavy atom. The van der Waals surface area contributed by atoms with Gasteiger partial charge in [-0.3, -0.25) is 4.68 Å². The number of hydrogen-bond donors (Lipinski definition) is 2. The van der Waals surface area contributed by atoms with Crippen molar-refractivity contribution in [1.82, 2.24) is 15.1 Å². The molecule has 1 heterocycles. The zero-order chi connectivity index (χ0) is 11.8. The van der Waals surface area contributed by atoms with Crippen molar-refractivity contribution in [2.75, 3.05) is 6.54 Å². The predicted molar refractivity (Wildman–Crippen MR) is 63.3 cm³/mol. The highest BCUT2D eigenvalue weighted by Crippen LogP contribution is 2.20. The lowest BCUT2D eigenvalue weighted by Crippen LogP contribution is -2.41. The molecule has 0 bridgehead atoms. The number of aromatic nitrogens is 2. The number of aliphatic hydroxyl groups is 1. The monoisotopic (exact) mass is 223 g/mol. The van der Waals surface area contributed by atoms with E-state index in [1.165, 1.54) is 12.8 Å². The van der Waals surface area contributed by atoms with Crippen LogP contribution in [0.4, 0.5) is 0 Å². The summed E-state index contributed by atoms with van der Waals surface area (Å²) in [4.78, 5) is 0. The van der Waals surface area contributed by atoms with E-state index < -0.39 is 5.60 Å². The minimum atomic E-state index is -0.692. The van der Waals surface area contributed by atoms with Crippen molar-refractivity contribution >= 4 is 0 Å². The molecule has 2 N–H and O–H groups in total. The first-order chi connectivity index (χ1) is 7.46. The second-order valence-electron chi connectivity index (χ2n) is 5.23. The van der Waals surface area contributed by atoms with Crippen LogP contribution in [-0.2, 0) is 13.5 Å². The van der Waals surface area contributed by atoms with Crippen molar-refractivity contribution in [2.24, 2.45) is 7.05 Å². The van der Waals surface area contributed by atoms with E-state index in [4.69, 9.17) is 0 Å². The zero-order valence-electron chi connectivity index (χ0n) is 10.3. The third-order valence-corrected chi connectivity index (χ3v) is 3.01. The van der Waals surface area contributed by atoms with Gasteiger partial charge in [-0.05, 0) is 32.8 Å². The third kappa shape index (κ3) is 3.06. The van der Waals surface area contributed by atoms with Crippen molar-refractivity contribution in [3.63, 3.8) is 0 Å². The molecule has 2 rings (SSSR count). The molecule has 1 aliphatic rings. The largest absolute Gasteiger partial charge is 0.388 e.